The quantitative estimate of drug-likeness (QED) is 0.922. The maximum atomic E-state index is 12.8. The van der Waals surface area contributed by atoms with Crippen LogP contribution in [0, 0.1) is 5.92 Å². The zero-order valence-electron chi connectivity index (χ0n) is 13.8. The van der Waals surface area contributed by atoms with Crippen LogP contribution >= 0.6 is 0 Å². The predicted molar refractivity (Wildman–Crippen MR) is 90.2 cm³/mol. The monoisotopic (exact) mass is 325 g/mol. The Hall–Kier alpha value is -2.21. The number of carbonyl (C=O) groups is 1. The van der Waals surface area contributed by atoms with Crippen molar-refractivity contribution >= 4 is 5.91 Å². The molecule has 2 aromatic rings. The number of rotatable bonds is 3. The van der Waals surface area contributed by atoms with Gasteiger partial charge in [-0.15, -0.1) is 0 Å². The highest BCUT2D eigenvalue weighted by molar-refractivity contribution is 5.79. The first kappa shape index (κ1) is 15.3. The van der Waals surface area contributed by atoms with Crippen LogP contribution in [0.5, 0.6) is 0 Å². The number of aromatic amines is 1. The summed E-state index contributed by atoms with van der Waals surface area (Å²) in [6.07, 6.45) is 6.22. The van der Waals surface area contributed by atoms with Gasteiger partial charge in [-0.1, -0.05) is 6.07 Å². The van der Waals surface area contributed by atoms with E-state index < -0.39 is 0 Å². The molecule has 126 valence electrons. The second-order valence-electron chi connectivity index (χ2n) is 6.69. The largest absolute Gasteiger partial charge is 0.348 e. The van der Waals surface area contributed by atoms with Crippen LogP contribution in [0.3, 0.4) is 0 Å². The molecular formula is C18H23N5O. The summed E-state index contributed by atoms with van der Waals surface area (Å²) in [7, 11) is 0. The molecule has 6 heteroatoms. The normalized spacial score (nSPS) is 21.5. The van der Waals surface area contributed by atoms with Crippen molar-refractivity contribution in [2.24, 2.45) is 5.92 Å². The van der Waals surface area contributed by atoms with Crippen LogP contribution in [0.2, 0.25) is 0 Å². The molecule has 2 aromatic heterocycles. The highest BCUT2D eigenvalue weighted by atomic mass is 16.2. The molecule has 0 spiro atoms. The van der Waals surface area contributed by atoms with E-state index in [4.69, 9.17) is 0 Å². The van der Waals surface area contributed by atoms with Crippen molar-refractivity contribution in [2.75, 3.05) is 26.2 Å². The zero-order chi connectivity index (χ0) is 16.4. The van der Waals surface area contributed by atoms with Gasteiger partial charge in [-0.2, -0.15) is 0 Å². The highest BCUT2D eigenvalue weighted by Crippen LogP contribution is 2.25. The minimum atomic E-state index is 0.111. The third kappa shape index (κ3) is 3.19. The first-order chi connectivity index (χ1) is 11.8. The van der Waals surface area contributed by atoms with E-state index in [9.17, 15) is 4.79 Å². The number of nitrogens with zero attached hydrogens (tertiary/aromatic N) is 4. The lowest BCUT2D eigenvalue weighted by molar-refractivity contribution is -0.137. The maximum Gasteiger partial charge on any atom is 0.226 e. The number of hydrogen-bond donors (Lipinski definition) is 1. The number of pyridine rings is 1. The number of H-pyrrole nitrogens is 1. The molecule has 1 saturated heterocycles. The van der Waals surface area contributed by atoms with E-state index in [0.717, 1.165) is 69.1 Å². The maximum absolute atomic E-state index is 12.8. The molecule has 0 aromatic carbocycles. The van der Waals surface area contributed by atoms with Crippen LogP contribution in [0.15, 0.2) is 30.7 Å². The number of nitrogens with one attached hydrogen (secondary N) is 1. The number of aryl methyl sites for hydroxylation is 1. The van der Waals surface area contributed by atoms with Crippen LogP contribution in [-0.2, 0) is 24.2 Å². The second kappa shape index (κ2) is 6.73. The average molecular weight is 325 g/mol. The van der Waals surface area contributed by atoms with Gasteiger partial charge >= 0.3 is 0 Å². The second-order valence-corrected chi connectivity index (χ2v) is 6.69. The third-order valence-electron chi connectivity index (χ3n) is 5.13. The molecule has 3 heterocycles. The molecule has 1 aliphatic carbocycles. The number of aromatic nitrogens is 3. The molecule has 1 atom stereocenters. The lowest BCUT2D eigenvalue weighted by atomic mass is 9.88. The molecule has 1 fully saturated rings. The van der Waals surface area contributed by atoms with Gasteiger partial charge in [-0.25, -0.2) is 4.98 Å². The Balaban J connectivity index is 1.30. The molecule has 6 nitrogen and oxygen atoms in total. The highest BCUT2D eigenvalue weighted by Gasteiger charge is 2.31. The lowest BCUT2D eigenvalue weighted by Gasteiger charge is -2.36. The molecule has 0 bridgehead atoms. The van der Waals surface area contributed by atoms with E-state index in [-0.39, 0.29) is 5.92 Å². The molecule has 1 N–H and O–H groups in total. The Morgan fingerprint density at radius 3 is 2.88 bits per heavy atom. The third-order valence-corrected chi connectivity index (χ3v) is 5.13. The number of piperazine rings is 1. The summed E-state index contributed by atoms with van der Waals surface area (Å²) in [5.74, 6) is 0.424. The average Bonchev–Trinajstić information content (AvgIpc) is 3.10. The van der Waals surface area contributed by atoms with Gasteiger partial charge in [0, 0.05) is 57.0 Å². The topological polar surface area (TPSA) is 65.1 Å². The summed E-state index contributed by atoms with van der Waals surface area (Å²) in [6, 6.07) is 6.02. The van der Waals surface area contributed by atoms with Gasteiger partial charge < -0.3 is 9.88 Å². The fraction of sp³-hybridized carbons (Fsp3) is 0.500. The summed E-state index contributed by atoms with van der Waals surface area (Å²) in [5, 5.41) is 0. The van der Waals surface area contributed by atoms with Gasteiger partial charge in [0.25, 0.3) is 0 Å². The van der Waals surface area contributed by atoms with E-state index >= 15 is 0 Å². The summed E-state index contributed by atoms with van der Waals surface area (Å²) in [4.78, 5) is 29.1. The van der Waals surface area contributed by atoms with Crippen molar-refractivity contribution in [3.8, 4) is 0 Å². The summed E-state index contributed by atoms with van der Waals surface area (Å²) in [5.41, 5.74) is 3.38. The van der Waals surface area contributed by atoms with Crippen LogP contribution in [0.4, 0.5) is 0 Å². The fourth-order valence-electron chi connectivity index (χ4n) is 3.72. The minimum Gasteiger partial charge on any atom is -0.348 e. The molecule has 1 amide bonds. The van der Waals surface area contributed by atoms with Crippen molar-refractivity contribution in [1.82, 2.24) is 24.8 Å². The van der Waals surface area contributed by atoms with Crippen LogP contribution in [0.1, 0.15) is 23.5 Å². The lowest BCUT2D eigenvalue weighted by Crippen LogP contribution is -2.50. The smallest absolute Gasteiger partial charge is 0.226 e. The van der Waals surface area contributed by atoms with Gasteiger partial charge in [0.15, 0.2) is 0 Å². The van der Waals surface area contributed by atoms with E-state index in [1.165, 1.54) is 0 Å². The molecule has 24 heavy (non-hydrogen) atoms. The van der Waals surface area contributed by atoms with E-state index in [0.29, 0.717) is 5.91 Å². The van der Waals surface area contributed by atoms with Gasteiger partial charge in [0.2, 0.25) is 5.91 Å². The number of imidazole rings is 1. The molecule has 4 rings (SSSR count). The minimum absolute atomic E-state index is 0.111. The molecule has 0 unspecified atom stereocenters. The van der Waals surface area contributed by atoms with Gasteiger partial charge in [0.05, 0.1) is 17.7 Å². The van der Waals surface area contributed by atoms with Crippen molar-refractivity contribution in [3.05, 3.63) is 47.8 Å². The number of hydrogen-bond acceptors (Lipinski definition) is 4. The van der Waals surface area contributed by atoms with Gasteiger partial charge in [-0.05, 0) is 25.0 Å². The standard InChI is InChI=1S/C18H23N5O/c24-18(14-4-5-16-17(11-14)21-13-20-16)23-9-7-22(8-10-23)12-15-3-1-2-6-19-15/h1-3,6,13-14H,4-5,7-12H2,(H,20,21)/t14-/m0/s1. The first-order valence-electron chi connectivity index (χ1n) is 8.72. The molecule has 1 aliphatic heterocycles. The molecule has 2 aliphatic rings. The van der Waals surface area contributed by atoms with Gasteiger partial charge in [0.1, 0.15) is 0 Å². The van der Waals surface area contributed by atoms with Crippen LogP contribution in [0.25, 0.3) is 0 Å². The van der Waals surface area contributed by atoms with Crippen LogP contribution < -0.4 is 0 Å². The Labute approximate surface area is 141 Å². The van der Waals surface area contributed by atoms with Crippen molar-refractivity contribution in [1.29, 1.82) is 0 Å². The van der Waals surface area contributed by atoms with Crippen molar-refractivity contribution < 1.29 is 4.79 Å². The summed E-state index contributed by atoms with van der Waals surface area (Å²) >= 11 is 0. The summed E-state index contributed by atoms with van der Waals surface area (Å²) < 4.78 is 0. The number of amides is 1. The van der Waals surface area contributed by atoms with Gasteiger partial charge in [-0.3, -0.25) is 14.7 Å². The van der Waals surface area contributed by atoms with E-state index in [2.05, 4.69) is 25.9 Å². The number of fused-ring (bicyclic) bond motifs is 1. The summed E-state index contributed by atoms with van der Waals surface area (Å²) in [6.45, 7) is 4.34. The van der Waals surface area contributed by atoms with Crippen molar-refractivity contribution in [2.45, 2.75) is 25.8 Å². The van der Waals surface area contributed by atoms with E-state index in [1.807, 2.05) is 23.2 Å². The van der Waals surface area contributed by atoms with Crippen molar-refractivity contribution in [3.63, 3.8) is 0 Å². The van der Waals surface area contributed by atoms with Crippen LogP contribution in [-0.4, -0.2) is 56.8 Å². The molecular weight excluding hydrogens is 302 g/mol. The Morgan fingerprint density at radius 1 is 1.21 bits per heavy atom. The Kier molecular flexibility index (Phi) is 4.30. The fourth-order valence-corrected chi connectivity index (χ4v) is 3.72. The zero-order valence-corrected chi connectivity index (χ0v) is 13.8. The molecule has 0 radical (unpaired) electrons. The Bertz CT molecular complexity index is 690. The predicted octanol–water partition coefficient (Wildman–Crippen LogP) is 1.25. The first-order valence-corrected chi connectivity index (χ1v) is 8.72. The number of carbonyl (C=O) groups excluding carboxylic acids is 1. The van der Waals surface area contributed by atoms with E-state index in [1.54, 1.807) is 6.33 Å². The molecule has 0 saturated carbocycles. The SMILES string of the molecule is O=C([C@H]1CCc2nc[nH]c2C1)N1CCN(Cc2ccccn2)CC1. The Morgan fingerprint density at radius 2 is 2.08 bits per heavy atom.